The molecule has 0 aromatic carbocycles. The van der Waals surface area contributed by atoms with Crippen LogP contribution in [0.5, 0.6) is 0 Å². The molecule has 1 amide bonds. The smallest absolute Gasteiger partial charge is 0.235 e. The molecule has 2 unspecified atom stereocenters. The Labute approximate surface area is 92.5 Å². The Morgan fingerprint density at radius 1 is 1.50 bits per heavy atom. The summed E-state index contributed by atoms with van der Waals surface area (Å²) in [6.07, 6.45) is 1.13. The number of likely N-dealkylation sites (tertiary alicyclic amines) is 1. The second-order valence-corrected chi connectivity index (χ2v) is 6.09. The number of thiol groups is 1. The van der Waals surface area contributed by atoms with E-state index in [0.29, 0.717) is 11.3 Å². The molecule has 1 fully saturated rings. The molecule has 0 bridgehead atoms. The molecule has 0 aromatic rings. The summed E-state index contributed by atoms with van der Waals surface area (Å²) in [5.41, 5.74) is 0.314. The normalized spacial score (nSPS) is 25.2. The van der Waals surface area contributed by atoms with E-state index in [0.717, 1.165) is 19.5 Å². The van der Waals surface area contributed by atoms with Gasteiger partial charge in [0.15, 0.2) is 0 Å². The highest BCUT2D eigenvalue weighted by Crippen LogP contribution is 2.33. The zero-order valence-corrected chi connectivity index (χ0v) is 10.5. The van der Waals surface area contributed by atoms with E-state index in [1.165, 1.54) is 0 Å². The number of rotatable bonds is 1. The van der Waals surface area contributed by atoms with E-state index in [-0.39, 0.29) is 11.2 Å². The highest BCUT2D eigenvalue weighted by atomic mass is 32.1. The molecule has 0 radical (unpaired) electrons. The maximum absolute atomic E-state index is 11.7. The first-order chi connectivity index (χ1) is 6.32. The quantitative estimate of drug-likeness (QED) is 0.665. The summed E-state index contributed by atoms with van der Waals surface area (Å²) in [6.45, 7) is 10.4. The minimum atomic E-state index is -0.159. The predicted molar refractivity (Wildman–Crippen MR) is 62.6 cm³/mol. The molecule has 0 N–H and O–H groups in total. The molecule has 3 heteroatoms. The summed E-state index contributed by atoms with van der Waals surface area (Å²) in [4.78, 5) is 13.6. The third kappa shape index (κ3) is 2.66. The maximum Gasteiger partial charge on any atom is 0.235 e. The standard InChI is InChI=1S/C11H21NOS/c1-8(14)10(13)12-6-5-9(7-12)11(2,3)4/h8-9,14H,5-7H2,1-4H3. The molecule has 14 heavy (non-hydrogen) atoms. The van der Waals surface area contributed by atoms with Gasteiger partial charge >= 0.3 is 0 Å². The molecule has 2 atom stereocenters. The van der Waals surface area contributed by atoms with Crippen LogP contribution in [0.1, 0.15) is 34.1 Å². The largest absolute Gasteiger partial charge is 0.341 e. The zero-order valence-electron chi connectivity index (χ0n) is 9.58. The SMILES string of the molecule is CC(S)C(=O)N1CCC(C(C)(C)C)C1. The topological polar surface area (TPSA) is 20.3 Å². The van der Waals surface area contributed by atoms with Crippen LogP contribution in [0, 0.1) is 11.3 Å². The van der Waals surface area contributed by atoms with Gasteiger partial charge in [0.2, 0.25) is 5.91 Å². The van der Waals surface area contributed by atoms with Crippen molar-refractivity contribution in [3.8, 4) is 0 Å². The van der Waals surface area contributed by atoms with E-state index in [2.05, 4.69) is 33.4 Å². The molecule has 82 valence electrons. The minimum Gasteiger partial charge on any atom is -0.341 e. The Kier molecular flexibility index (Phi) is 3.51. The second kappa shape index (κ2) is 4.13. The summed E-state index contributed by atoms with van der Waals surface area (Å²) < 4.78 is 0. The van der Waals surface area contributed by atoms with Gasteiger partial charge in [-0.3, -0.25) is 4.79 Å². The van der Waals surface area contributed by atoms with Gasteiger partial charge in [0, 0.05) is 13.1 Å². The Morgan fingerprint density at radius 2 is 2.07 bits per heavy atom. The van der Waals surface area contributed by atoms with E-state index >= 15 is 0 Å². The number of nitrogens with zero attached hydrogens (tertiary/aromatic N) is 1. The third-order valence-electron chi connectivity index (χ3n) is 3.08. The van der Waals surface area contributed by atoms with Crippen molar-refractivity contribution in [1.29, 1.82) is 0 Å². The molecule has 2 nitrogen and oxygen atoms in total. The van der Waals surface area contributed by atoms with Crippen LogP contribution in [0.25, 0.3) is 0 Å². The first-order valence-corrected chi connectivity index (χ1v) is 5.81. The molecule has 1 rings (SSSR count). The Morgan fingerprint density at radius 3 is 2.43 bits per heavy atom. The molecule has 1 saturated heterocycles. The minimum absolute atomic E-state index is 0.159. The fourth-order valence-electron chi connectivity index (χ4n) is 1.93. The van der Waals surface area contributed by atoms with Gasteiger partial charge in [0.05, 0.1) is 5.25 Å². The molecule has 0 spiro atoms. The van der Waals surface area contributed by atoms with E-state index in [1.54, 1.807) is 0 Å². The lowest BCUT2D eigenvalue weighted by atomic mass is 9.80. The number of carbonyl (C=O) groups excluding carboxylic acids is 1. The molecule has 1 aliphatic heterocycles. The lowest BCUT2D eigenvalue weighted by Gasteiger charge is -2.27. The van der Waals surface area contributed by atoms with Crippen molar-refractivity contribution in [2.45, 2.75) is 39.4 Å². The lowest BCUT2D eigenvalue weighted by Crippen LogP contribution is -2.35. The van der Waals surface area contributed by atoms with E-state index in [9.17, 15) is 4.79 Å². The van der Waals surface area contributed by atoms with E-state index < -0.39 is 0 Å². The predicted octanol–water partition coefficient (Wildman–Crippen LogP) is 2.20. The number of amides is 1. The zero-order chi connectivity index (χ0) is 10.9. The molecular weight excluding hydrogens is 194 g/mol. The van der Waals surface area contributed by atoms with Crippen LogP contribution in [-0.2, 0) is 4.79 Å². The van der Waals surface area contributed by atoms with Gasteiger partial charge in [-0.2, -0.15) is 12.6 Å². The van der Waals surface area contributed by atoms with E-state index in [4.69, 9.17) is 0 Å². The Hall–Kier alpha value is -0.180. The van der Waals surface area contributed by atoms with Gasteiger partial charge < -0.3 is 4.90 Å². The van der Waals surface area contributed by atoms with Crippen molar-refractivity contribution in [2.75, 3.05) is 13.1 Å². The van der Waals surface area contributed by atoms with E-state index in [1.807, 2.05) is 11.8 Å². The average molecular weight is 215 g/mol. The molecule has 0 aromatic heterocycles. The average Bonchev–Trinajstić information content (AvgIpc) is 2.49. The highest BCUT2D eigenvalue weighted by Gasteiger charge is 2.34. The lowest BCUT2D eigenvalue weighted by molar-refractivity contribution is -0.129. The molecule has 0 saturated carbocycles. The Balaban J connectivity index is 2.54. The van der Waals surface area contributed by atoms with Crippen LogP contribution < -0.4 is 0 Å². The molecule has 1 aliphatic rings. The Bertz CT molecular complexity index is 220. The summed E-state index contributed by atoms with van der Waals surface area (Å²) in [6, 6.07) is 0. The second-order valence-electron chi connectivity index (χ2n) is 5.31. The third-order valence-corrected chi connectivity index (χ3v) is 3.30. The van der Waals surface area contributed by atoms with Crippen molar-refractivity contribution < 1.29 is 4.79 Å². The van der Waals surface area contributed by atoms with Crippen LogP contribution in [0.15, 0.2) is 0 Å². The number of hydrogen-bond donors (Lipinski definition) is 1. The monoisotopic (exact) mass is 215 g/mol. The number of carbonyl (C=O) groups is 1. The molecular formula is C11H21NOS. The summed E-state index contributed by atoms with van der Waals surface area (Å²) >= 11 is 4.18. The van der Waals surface area contributed by atoms with Gasteiger partial charge in [0.25, 0.3) is 0 Å². The first kappa shape index (κ1) is 11.9. The van der Waals surface area contributed by atoms with Gasteiger partial charge in [-0.25, -0.2) is 0 Å². The summed E-state index contributed by atoms with van der Waals surface area (Å²) in [7, 11) is 0. The summed E-state index contributed by atoms with van der Waals surface area (Å²) in [5.74, 6) is 0.818. The van der Waals surface area contributed by atoms with Crippen LogP contribution in [0.2, 0.25) is 0 Å². The van der Waals surface area contributed by atoms with Crippen LogP contribution >= 0.6 is 12.6 Å². The van der Waals surface area contributed by atoms with Crippen molar-refractivity contribution in [1.82, 2.24) is 4.90 Å². The maximum atomic E-state index is 11.7. The summed E-state index contributed by atoms with van der Waals surface area (Å²) in [5, 5.41) is -0.159. The highest BCUT2D eigenvalue weighted by molar-refractivity contribution is 7.81. The van der Waals surface area contributed by atoms with Crippen LogP contribution in [0.4, 0.5) is 0 Å². The van der Waals surface area contributed by atoms with Crippen LogP contribution in [-0.4, -0.2) is 29.1 Å². The number of hydrogen-bond acceptors (Lipinski definition) is 2. The molecule has 1 heterocycles. The first-order valence-electron chi connectivity index (χ1n) is 5.29. The van der Waals surface area contributed by atoms with Crippen molar-refractivity contribution in [3.63, 3.8) is 0 Å². The van der Waals surface area contributed by atoms with Gasteiger partial charge in [-0.05, 0) is 24.7 Å². The van der Waals surface area contributed by atoms with Crippen LogP contribution in [0.3, 0.4) is 0 Å². The van der Waals surface area contributed by atoms with Crippen molar-refractivity contribution >= 4 is 18.5 Å². The fraction of sp³-hybridized carbons (Fsp3) is 0.909. The van der Waals surface area contributed by atoms with Crippen molar-refractivity contribution in [2.24, 2.45) is 11.3 Å². The molecule has 0 aliphatic carbocycles. The van der Waals surface area contributed by atoms with Gasteiger partial charge in [-0.15, -0.1) is 0 Å². The fourth-order valence-corrected chi connectivity index (χ4v) is 2.09. The van der Waals surface area contributed by atoms with Crippen molar-refractivity contribution in [3.05, 3.63) is 0 Å². The van der Waals surface area contributed by atoms with Gasteiger partial charge in [0.1, 0.15) is 0 Å². The van der Waals surface area contributed by atoms with Gasteiger partial charge in [-0.1, -0.05) is 20.8 Å².